The van der Waals surface area contributed by atoms with Crippen molar-refractivity contribution >= 4 is 5.91 Å². The van der Waals surface area contributed by atoms with Crippen LogP contribution in [0.1, 0.15) is 17.4 Å². The summed E-state index contributed by atoms with van der Waals surface area (Å²) in [6, 6.07) is 15.1. The molecule has 6 heteroatoms. The number of nitrogens with zero attached hydrogens (tertiary/aromatic N) is 1. The number of aromatic amines is 1. The fourth-order valence-corrected chi connectivity index (χ4v) is 2.48. The molecule has 0 fully saturated rings. The quantitative estimate of drug-likeness (QED) is 0.695. The molecule has 0 aliphatic rings. The molecule has 0 radical (unpaired) electrons. The predicted molar refractivity (Wildman–Crippen MR) is 91.5 cm³/mol. The number of nitrogens with one attached hydrogen (secondary N) is 2. The third-order valence-corrected chi connectivity index (χ3v) is 3.66. The first-order chi connectivity index (χ1) is 12.2. The zero-order valence-electron chi connectivity index (χ0n) is 13.5. The van der Waals surface area contributed by atoms with Crippen LogP contribution in [-0.4, -0.2) is 22.5 Å². The summed E-state index contributed by atoms with van der Waals surface area (Å²) in [4.78, 5) is 19.5. The molecule has 3 aromatic rings. The molecule has 2 N–H and O–H groups in total. The lowest BCUT2D eigenvalue weighted by Crippen LogP contribution is -2.34. The SMILES string of the molecule is O=C(COc1cccc(F)c1)NC(Cc1ncc[nH]1)c1ccccc1. The minimum absolute atomic E-state index is 0.190. The number of benzene rings is 2. The third-order valence-electron chi connectivity index (χ3n) is 3.66. The zero-order chi connectivity index (χ0) is 17.5. The first kappa shape index (κ1) is 16.7. The number of halogens is 1. The van der Waals surface area contributed by atoms with E-state index in [0.717, 1.165) is 11.4 Å². The number of carbonyl (C=O) groups is 1. The minimum Gasteiger partial charge on any atom is -0.484 e. The van der Waals surface area contributed by atoms with Crippen molar-refractivity contribution in [2.45, 2.75) is 12.5 Å². The van der Waals surface area contributed by atoms with Crippen molar-refractivity contribution in [1.29, 1.82) is 0 Å². The van der Waals surface area contributed by atoms with Crippen LogP contribution < -0.4 is 10.1 Å². The Hall–Kier alpha value is -3.15. The molecule has 0 saturated heterocycles. The van der Waals surface area contributed by atoms with Crippen LogP contribution in [0.4, 0.5) is 4.39 Å². The van der Waals surface area contributed by atoms with Crippen molar-refractivity contribution in [3.63, 3.8) is 0 Å². The van der Waals surface area contributed by atoms with Gasteiger partial charge in [-0.2, -0.15) is 0 Å². The average molecular weight is 339 g/mol. The fourth-order valence-electron chi connectivity index (χ4n) is 2.48. The monoisotopic (exact) mass is 339 g/mol. The number of imidazole rings is 1. The van der Waals surface area contributed by atoms with Gasteiger partial charge in [0.25, 0.3) is 5.91 Å². The molecule has 1 amide bonds. The molecular weight excluding hydrogens is 321 g/mol. The van der Waals surface area contributed by atoms with Crippen LogP contribution >= 0.6 is 0 Å². The largest absolute Gasteiger partial charge is 0.484 e. The minimum atomic E-state index is -0.405. The van der Waals surface area contributed by atoms with E-state index in [1.165, 1.54) is 18.2 Å². The van der Waals surface area contributed by atoms with Gasteiger partial charge in [0.05, 0.1) is 6.04 Å². The highest BCUT2D eigenvalue weighted by molar-refractivity contribution is 5.78. The van der Waals surface area contributed by atoms with E-state index in [1.807, 2.05) is 30.3 Å². The van der Waals surface area contributed by atoms with Crippen LogP contribution in [0.25, 0.3) is 0 Å². The lowest BCUT2D eigenvalue weighted by Gasteiger charge is -2.18. The molecule has 1 aromatic heterocycles. The van der Waals surface area contributed by atoms with Crippen molar-refractivity contribution in [1.82, 2.24) is 15.3 Å². The second-order valence-electron chi connectivity index (χ2n) is 5.52. The molecule has 0 aliphatic heterocycles. The molecule has 1 unspecified atom stereocenters. The molecule has 1 atom stereocenters. The fraction of sp³-hybridized carbons (Fsp3) is 0.158. The van der Waals surface area contributed by atoms with Gasteiger partial charge in [-0.05, 0) is 17.7 Å². The van der Waals surface area contributed by atoms with Crippen LogP contribution in [0.5, 0.6) is 5.75 Å². The van der Waals surface area contributed by atoms with Crippen molar-refractivity contribution in [2.75, 3.05) is 6.61 Å². The maximum Gasteiger partial charge on any atom is 0.258 e. The zero-order valence-corrected chi connectivity index (χ0v) is 13.5. The molecule has 128 valence electrons. The van der Waals surface area contributed by atoms with E-state index in [-0.39, 0.29) is 18.6 Å². The molecule has 0 aliphatic carbocycles. The van der Waals surface area contributed by atoms with Crippen molar-refractivity contribution < 1.29 is 13.9 Å². The van der Waals surface area contributed by atoms with Gasteiger partial charge in [0.1, 0.15) is 17.4 Å². The van der Waals surface area contributed by atoms with Gasteiger partial charge in [-0.1, -0.05) is 36.4 Å². The Bertz CT molecular complexity index is 807. The summed E-state index contributed by atoms with van der Waals surface area (Å²) in [6.07, 6.45) is 3.95. The van der Waals surface area contributed by atoms with Crippen LogP contribution in [-0.2, 0) is 11.2 Å². The Kier molecular flexibility index (Phi) is 5.41. The smallest absolute Gasteiger partial charge is 0.258 e. The van der Waals surface area contributed by atoms with Gasteiger partial charge >= 0.3 is 0 Å². The van der Waals surface area contributed by atoms with Crippen molar-refractivity contribution in [2.24, 2.45) is 0 Å². The summed E-state index contributed by atoms with van der Waals surface area (Å²) in [6.45, 7) is -0.190. The third kappa shape index (κ3) is 4.91. The van der Waals surface area contributed by atoms with Crippen molar-refractivity contribution in [3.05, 3.63) is 84.2 Å². The van der Waals surface area contributed by atoms with Gasteiger partial charge in [0, 0.05) is 24.9 Å². The number of amides is 1. The number of H-pyrrole nitrogens is 1. The Labute approximate surface area is 144 Å². The topological polar surface area (TPSA) is 67.0 Å². The standard InChI is InChI=1S/C19H18FN3O2/c20-15-7-4-8-16(11-15)25-13-19(24)23-17(12-18-21-9-10-22-18)14-5-2-1-3-6-14/h1-11,17H,12-13H2,(H,21,22)(H,23,24). The van der Waals surface area contributed by atoms with E-state index in [0.29, 0.717) is 12.2 Å². The molecule has 25 heavy (non-hydrogen) atoms. The average Bonchev–Trinajstić information content (AvgIpc) is 3.13. The number of hydrogen-bond acceptors (Lipinski definition) is 3. The van der Waals surface area contributed by atoms with Crippen LogP contribution in [0.15, 0.2) is 67.0 Å². The van der Waals surface area contributed by atoms with Gasteiger partial charge in [-0.25, -0.2) is 9.37 Å². The first-order valence-corrected chi connectivity index (χ1v) is 7.91. The van der Waals surface area contributed by atoms with Gasteiger partial charge in [-0.3, -0.25) is 4.79 Å². The Morgan fingerprint density at radius 1 is 1.20 bits per heavy atom. The van der Waals surface area contributed by atoms with Crippen molar-refractivity contribution in [3.8, 4) is 5.75 Å². The summed E-state index contributed by atoms with van der Waals surface area (Å²) in [5.41, 5.74) is 0.970. The highest BCUT2D eigenvalue weighted by atomic mass is 19.1. The summed E-state index contributed by atoms with van der Waals surface area (Å²) in [7, 11) is 0. The molecule has 3 rings (SSSR count). The highest BCUT2D eigenvalue weighted by Crippen LogP contribution is 2.17. The summed E-state index contributed by atoms with van der Waals surface area (Å²) in [5, 5.41) is 2.94. The van der Waals surface area contributed by atoms with E-state index in [1.54, 1.807) is 18.5 Å². The Morgan fingerprint density at radius 3 is 2.76 bits per heavy atom. The van der Waals surface area contributed by atoms with Gasteiger partial charge in [0.2, 0.25) is 0 Å². The number of hydrogen-bond donors (Lipinski definition) is 2. The Balaban J connectivity index is 1.64. The van der Waals surface area contributed by atoms with Crippen LogP contribution in [0, 0.1) is 5.82 Å². The second-order valence-corrected chi connectivity index (χ2v) is 5.52. The van der Waals surface area contributed by atoms with E-state index >= 15 is 0 Å². The van der Waals surface area contributed by atoms with E-state index in [9.17, 15) is 9.18 Å². The van der Waals surface area contributed by atoms with Crippen LogP contribution in [0.3, 0.4) is 0 Å². The van der Waals surface area contributed by atoms with E-state index < -0.39 is 5.82 Å². The van der Waals surface area contributed by atoms with Crippen LogP contribution in [0.2, 0.25) is 0 Å². The lowest BCUT2D eigenvalue weighted by atomic mass is 10.0. The maximum atomic E-state index is 13.1. The predicted octanol–water partition coefficient (Wildman–Crippen LogP) is 3.03. The summed E-state index contributed by atoms with van der Waals surface area (Å²) in [5.74, 6) is 0.403. The second kappa shape index (κ2) is 8.10. The van der Waals surface area contributed by atoms with E-state index in [4.69, 9.17) is 4.74 Å². The lowest BCUT2D eigenvalue weighted by molar-refractivity contribution is -0.123. The normalized spacial score (nSPS) is 11.7. The molecule has 0 saturated carbocycles. The number of ether oxygens (including phenoxy) is 1. The molecule has 5 nitrogen and oxygen atoms in total. The first-order valence-electron chi connectivity index (χ1n) is 7.91. The van der Waals surface area contributed by atoms with Gasteiger partial charge in [0.15, 0.2) is 6.61 Å². The summed E-state index contributed by atoms with van der Waals surface area (Å²) >= 11 is 0. The van der Waals surface area contributed by atoms with E-state index in [2.05, 4.69) is 15.3 Å². The highest BCUT2D eigenvalue weighted by Gasteiger charge is 2.16. The van der Waals surface area contributed by atoms with Gasteiger partial charge < -0.3 is 15.0 Å². The van der Waals surface area contributed by atoms with Gasteiger partial charge in [-0.15, -0.1) is 0 Å². The molecule has 1 heterocycles. The number of carbonyl (C=O) groups excluding carboxylic acids is 1. The molecule has 0 spiro atoms. The molecule has 2 aromatic carbocycles. The summed E-state index contributed by atoms with van der Waals surface area (Å²) < 4.78 is 18.5. The number of aromatic nitrogens is 2. The molecular formula is C19H18FN3O2. The maximum absolute atomic E-state index is 13.1. The number of rotatable bonds is 7. The molecule has 0 bridgehead atoms. The Morgan fingerprint density at radius 2 is 2.04 bits per heavy atom.